The summed E-state index contributed by atoms with van der Waals surface area (Å²) in [5, 5.41) is 8.74. The van der Waals surface area contributed by atoms with Gasteiger partial charge in [0.05, 0.1) is 12.4 Å². The number of carboxylic acid groups (broad SMARTS) is 1. The van der Waals surface area contributed by atoms with Crippen molar-refractivity contribution in [1.82, 2.24) is 0 Å². The van der Waals surface area contributed by atoms with Gasteiger partial charge in [-0.15, -0.1) is 0 Å². The van der Waals surface area contributed by atoms with Crippen LogP contribution in [0.1, 0.15) is 115 Å². The average Bonchev–Trinajstić information content (AvgIpc) is 3.56. The highest BCUT2D eigenvalue weighted by Gasteiger charge is 2.80. The third-order valence-electron chi connectivity index (χ3n) is 12.0. The van der Waals surface area contributed by atoms with Crippen LogP contribution in [0, 0.1) is 28.6 Å². The Morgan fingerprint density at radius 2 is 1.77 bits per heavy atom. The molecule has 214 valence electrons. The number of carboxylic acids is 1. The van der Waals surface area contributed by atoms with Crippen LogP contribution in [0.2, 0.25) is 0 Å². The van der Waals surface area contributed by atoms with Gasteiger partial charge in [0.15, 0.2) is 0 Å². The van der Waals surface area contributed by atoms with Crippen molar-refractivity contribution in [1.29, 1.82) is 0 Å². The molecule has 1 N–H and O–H groups in total. The minimum absolute atomic E-state index is 0.0275. The third kappa shape index (κ3) is 4.47. The quantitative estimate of drug-likeness (QED) is 0.225. The molecule has 4 saturated carbocycles. The first-order chi connectivity index (χ1) is 18.7. The second kappa shape index (κ2) is 10.0. The van der Waals surface area contributed by atoms with Crippen molar-refractivity contribution in [3.8, 4) is 0 Å². The highest BCUT2D eigenvalue weighted by Crippen LogP contribution is 2.78. The van der Waals surface area contributed by atoms with E-state index in [2.05, 4.69) is 13.8 Å². The minimum atomic E-state index is -0.755. The van der Waals surface area contributed by atoms with Gasteiger partial charge < -0.3 is 19.0 Å². The summed E-state index contributed by atoms with van der Waals surface area (Å²) in [7, 11) is 0. The Morgan fingerprint density at radius 3 is 2.51 bits per heavy atom. The Labute approximate surface area is 231 Å². The lowest BCUT2D eigenvalue weighted by atomic mass is 9.44. The molecule has 5 aliphatic rings. The van der Waals surface area contributed by atoms with E-state index >= 15 is 0 Å². The first-order valence-electron chi connectivity index (χ1n) is 15.4. The molecular formula is C32H44O7. The molecule has 1 aromatic rings. The van der Waals surface area contributed by atoms with E-state index in [1.807, 2.05) is 6.07 Å². The maximum absolute atomic E-state index is 12.5. The number of carbonyl (C=O) groups excluding carboxylic acids is 1. The highest BCUT2D eigenvalue weighted by atomic mass is 16.6. The number of carbonyl (C=O) groups is 2. The van der Waals surface area contributed by atoms with Gasteiger partial charge in [-0.1, -0.05) is 26.7 Å². The molecule has 0 amide bonds. The van der Waals surface area contributed by atoms with Gasteiger partial charge in [-0.2, -0.15) is 0 Å². The molecule has 1 aromatic heterocycles. The predicted molar refractivity (Wildman–Crippen MR) is 144 cm³/mol. The van der Waals surface area contributed by atoms with E-state index < -0.39 is 5.97 Å². The van der Waals surface area contributed by atoms with Gasteiger partial charge in [0.2, 0.25) is 0 Å². The topological polar surface area (TPSA) is 106 Å². The van der Waals surface area contributed by atoms with Crippen LogP contribution in [0.3, 0.4) is 0 Å². The maximum atomic E-state index is 12.5. The number of unbranched alkanes of at least 4 members (excludes halogenated alkanes) is 3. The average molecular weight is 541 g/mol. The van der Waals surface area contributed by atoms with E-state index in [0.29, 0.717) is 42.6 Å². The van der Waals surface area contributed by atoms with Crippen LogP contribution in [-0.2, 0) is 19.1 Å². The number of esters is 1. The van der Waals surface area contributed by atoms with Gasteiger partial charge >= 0.3 is 17.6 Å². The lowest BCUT2D eigenvalue weighted by Crippen LogP contribution is -2.58. The second-order valence-corrected chi connectivity index (χ2v) is 13.7. The monoisotopic (exact) mass is 540 g/mol. The molecule has 0 bridgehead atoms. The number of ether oxygens (including phenoxy) is 2. The number of aliphatic carboxylic acids is 1. The Bertz CT molecular complexity index is 1140. The number of fused-ring (bicyclic) bond motifs is 3. The van der Waals surface area contributed by atoms with Crippen molar-refractivity contribution in [2.75, 3.05) is 0 Å². The van der Waals surface area contributed by atoms with Crippen molar-refractivity contribution in [2.24, 2.45) is 28.6 Å². The van der Waals surface area contributed by atoms with Gasteiger partial charge in [-0.25, -0.2) is 4.79 Å². The summed E-state index contributed by atoms with van der Waals surface area (Å²) in [6, 6.07) is 3.52. The molecule has 1 aliphatic heterocycles. The van der Waals surface area contributed by atoms with E-state index in [4.69, 9.17) is 19.0 Å². The molecule has 39 heavy (non-hydrogen) atoms. The molecule has 5 fully saturated rings. The van der Waals surface area contributed by atoms with E-state index in [-0.39, 0.29) is 40.6 Å². The standard InChI is InChI=1S/C32H44O7/c1-30-15-13-22(38-29(36)8-6-4-3-5-7-27(33)34)17-21(30)10-11-24-23(30)14-16-31(2)25(18-26-32(24,31)39-26)20-9-12-28(35)37-19-20/h9,12,19,21-26H,3-8,10-11,13-18H2,1-2H3,(H,33,34)/t21-,22+,23-,24+,25-,26+,30+,31-,32-/m1/s1. The Morgan fingerprint density at radius 1 is 0.974 bits per heavy atom. The van der Waals surface area contributed by atoms with Crippen molar-refractivity contribution in [3.05, 3.63) is 34.4 Å². The lowest BCUT2D eigenvalue weighted by Gasteiger charge is -2.61. The molecular weight excluding hydrogens is 496 g/mol. The first-order valence-corrected chi connectivity index (χ1v) is 15.4. The Kier molecular flexibility index (Phi) is 6.96. The second-order valence-electron chi connectivity index (χ2n) is 13.7. The minimum Gasteiger partial charge on any atom is -0.481 e. The molecule has 7 heteroatoms. The number of rotatable bonds is 9. The lowest BCUT2D eigenvalue weighted by molar-refractivity contribution is -0.164. The molecule has 6 rings (SSSR count). The molecule has 0 aromatic carbocycles. The highest BCUT2D eigenvalue weighted by molar-refractivity contribution is 5.69. The van der Waals surface area contributed by atoms with Crippen LogP contribution in [0.15, 0.2) is 27.6 Å². The Balaban J connectivity index is 1.06. The van der Waals surface area contributed by atoms with Crippen LogP contribution in [0.4, 0.5) is 0 Å². The van der Waals surface area contributed by atoms with Gasteiger partial charge in [0, 0.05) is 24.3 Å². The van der Waals surface area contributed by atoms with Crippen molar-refractivity contribution >= 4 is 11.9 Å². The summed E-state index contributed by atoms with van der Waals surface area (Å²) < 4.78 is 17.9. The predicted octanol–water partition coefficient (Wildman–Crippen LogP) is 6.23. The fraction of sp³-hybridized carbons (Fsp3) is 0.781. The van der Waals surface area contributed by atoms with E-state index in [0.717, 1.165) is 56.9 Å². The van der Waals surface area contributed by atoms with Crippen molar-refractivity contribution < 1.29 is 28.6 Å². The van der Waals surface area contributed by atoms with E-state index in [9.17, 15) is 14.4 Å². The normalized spacial score (nSPS) is 42.0. The zero-order valence-electron chi connectivity index (χ0n) is 23.5. The fourth-order valence-corrected chi connectivity index (χ4v) is 9.97. The molecule has 1 saturated heterocycles. The first kappa shape index (κ1) is 27.0. The summed E-state index contributed by atoms with van der Waals surface area (Å²) >= 11 is 0. The van der Waals surface area contributed by atoms with Crippen LogP contribution < -0.4 is 5.63 Å². The van der Waals surface area contributed by atoms with E-state index in [1.165, 1.54) is 19.3 Å². The number of hydrogen-bond acceptors (Lipinski definition) is 6. The number of hydrogen-bond donors (Lipinski definition) is 1. The van der Waals surface area contributed by atoms with Crippen molar-refractivity contribution in [2.45, 2.75) is 127 Å². The van der Waals surface area contributed by atoms with Crippen LogP contribution in [0.5, 0.6) is 0 Å². The zero-order valence-corrected chi connectivity index (χ0v) is 23.5. The SMILES string of the molecule is C[C@]12CC[C@H](OC(=O)CCCCCCC(=O)O)C[C@H]1CC[C@H]1[C@H]2CC[C@]2(C)[C@@H](c3ccc(=O)oc3)C[C@@H]3O[C@@]312. The van der Waals surface area contributed by atoms with Crippen molar-refractivity contribution in [3.63, 3.8) is 0 Å². The van der Waals surface area contributed by atoms with Crippen LogP contribution in [0.25, 0.3) is 0 Å². The molecule has 7 nitrogen and oxygen atoms in total. The molecule has 0 unspecified atom stereocenters. The van der Waals surface area contributed by atoms with Gasteiger partial charge in [0.25, 0.3) is 0 Å². The molecule has 1 spiro atoms. The van der Waals surface area contributed by atoms with Gasteiger partial charge in [-0.05, 0) is 105 Å². The van der Waals surface area contributed by atoms with E-state index in [1.54, 1.807) is 12.3 Å². The molecule has 9 atom stereocenters. The molecule has 0 radical (unpaired) electrons. The summed E-state index contributed by atoms with van der Waals surface area (Å²) in [5.74, 6) is 1.33. The number of epoxide rings is 1. The summed E-state index contributed by atoms with van der Waals surface area (Å²) in [6.45, 7) is 4.95. The zero-order chi connectivity index (χ0) is 27.4. The van der Waals surface area contributed by atoms with Crippen LogP contribution >= 0.6 is 0 Å². The van der Waals surface area contributed by atoms with Gasteiger partial charge in [0.1, 0.15) is 11.7 Å². The largest absolute Gasteiger partial charge is 0.481 e. The molecule has 4 aliphatic carbocycles. The maximum Gasteiger partial charge on any atom is 0.335 e. The Hall–Kier alpha value is -2.15. The van der Waals surface area contributed by atoms with Crippen LogP contribution in [-0.4, -0.2) is 34.9 Å². The smallest absolute Gasteiger partial charge is 0.335 e. The fourth-order valence-electron chi connectivity index (χ4n) is 9.97. The summed E-state index contributed by atoms with van der Waals surface area (Å²) in [6.07, 6.45) is 14.6. The molecule has 2 heterocycles. The summed E-state index contributed by atoms with van der Waals surface area (Å²) in [4.78, 5) is 34.7. The summed E-state index contributed by atoms with van der Waals surface area (Å²) in [5.41, 5.74) is 1.15. The van der Waals surface area contributed by atoms with Gasteiger partial charge in [-0.3, -0.25) is 9.59 Å². The third-order valence-corrected chi connectivity index (χ3v) is 12.0.